The van der Waals surface area contributed by atoms with Gasteiger partial charge >= 0.3 is 0 Å². The summed E-state index contributed by atoms with van der Waals surface area (Å²) in [6, 6.07) is 17.2. The average Bonchev–Trinajstić information content (AvgIpc) is 3.27. The molecule has 0 spiro atoms. The van der Waals surface area contributed by atoms with Crippen molar-refractivity contribution in [3.8, 4) is 5.75 Å². The predicted octanol–water partition coefficient (Wildman–Crippen LogP) is 3.59. The van der Waals surface area contributed by atoms with Crippen molar-refractivity contribution in [2.45, 2.75) is 12.8 Å². The third-order valence-electron chi connectivity index (χ3n) is 5.60. The number of hydrogen-bond acceptors (Lipinski definition) is 6. The van der Waals surface area contributed by atoms with Crippen LogP contribution in [0.25, 0.3) is 10.2 Å². The molecule has 1 aromatic heterocycles. The van der Waals surface area contributed by atoms with E-state index < -0.39 is 0 Å². The quantitative estimate of drug-likeness (QED) is 0.521. The molecule has 0 atom stereocenters. The van der Waals surface area contributed by atoms with E-state index in [2.05, 4.69) is 4.98 Å². The molecule has 0 unspecified atom stereocenters. The molecule has 0 bridgehead atoms. The summed E-state index contributed by atoms with van der Waals surface area (Å²) in [5.74, 6) is 0.532. The second-order valence-electron chi connectivity index (χ2n) is 7.70. The number of amides is 2. The largest absolute Gasteiger partial charge is 0.484 e. The van der Waals surface area contributed by atoms with Crippen LogP contribution in [0.2, 0.25) is 0 Å². The maximum absolute atomic E-state index is 13.4. The topological polar surface area (TPSA) is 72.0 Å². The molecule has 2 aromatic carbocycles. The lowest BCUT2D eigenvalue weighted by molar-refractivity contribution is -0.136. The summed E-state index contributed by atoms with van der Waals surface area (Å²) < 4.78 is 11.9. The lowest BCUT2D eigenvalue weighted by atomic mass is 9.95. The Morgan fingerprint density at radius 2 is 1.81 bits per heavy atom. The van der Waals surface area contributed by atoms with Crippen LogP contribution < -0.4 is 9.64 Å². The van der Waals surface area contributed by atoms with Crippen LogP contribution in [0.1, 0.15) is 12.8 Å². The number of nitrogens with zero attached hydrogens (tertiary/aromatic N) is 3. The van der Waals surface area contributed by atoms with E-state index in [1.807, 2.05) is 54.6 Å². The zero-order valence-electron chi connectivity index (χ0n) is 18.1. The Kier molecular flexibility index (Phi) is 7.34. The molecule has 168 valence electrons. The van der Waals surface area contributed by atoms with Crippen LogP contribution >= 0.6 is 11.3 Å². The predicted molar refractivity (Wildman–Crippen MR) is 125 cm³/mol. The first-order valence-corrected chi connectivity index (χ1v) is 11.6. The SMILES string of the molecule is COCCN(C(=O)C1CCN(C(=O)COc2ccccc2)CC1)c1nc2ccccc2s1. The van der Waals surface area contributed by atoms with Crippen LogP contribution in [0.5, 0.6) is 5.75 Å². The molecule has 32 heavy (non-hydrogen) atoms. The van der Waals surface area contributed by atoms with Gasteiger partial charge in [0.25, 0.3) is 5.91 Å². The van der Waals surface area contributed by atoms with Gasteiger partial charge in [-0.2, -0.15) is 0 Å². The van der Waals surface area contributed by atoms with Crippen molar-refractivity contribution >= 4 is 38.5 Å². The number of rotatable bonds is 8. The maximum Gasteiger partial charge on any atom is 0.260 e. The summed E-state index contributed by atoms with van der Waals surface area (Å²) in [5, 5.41) is 0.697. The Morgan fingerprint density at radius 1 is 1.09 bits per heavy atom. The van der Waals surface area contributed by atoms with Gasteiger partial charge in [0, 0.05) is 26.1 Å². The summed E-state index contributed by atoms with van der Waals surface area (Å²) in [6.45, 7) is 2.00. The first kappa shape index (κ1) is 22.2. The zero-order chi connectivity index (χ0) is 22.3. The van der Waals surface area contributed by atoms with Gasteiger partial charge in [0.1, 0.15) is 5.75 Å². The van der Waals surface area contributed by atoms with Crippen LogP contribution in [-0.2, 0) is 14.3 Å². The molecule has 4 rings (SSSR count). The van der Waals surface area contributed by atoms with Gasteiger partial charge in [-0.15, -0.1) is 0 Å². The smallest absolute Gasteiger partial charge is 0.260 e. The highest BCUT2D eigenvalue weighted by Crippen LogP contribution is 2.31. The molecule has 1 fully saturated rings. The highest BCUT2D eigenvalue weighted by Gasteiger charge is 2.32. The molecule has 1 aliphatic rings. The first-order chi connectivity index (χ1) is 15.7. The van der Waals surface area contributed by atoms with E-state index in [0.29, 0.717) is 50.0 Å². The third kappa shape index (κ3) is 5.26. The van der Waals surface area contributed by atoms with Gasteiger partial charge in [-0.1, -0.05) is 41.7 Å². The maximum atomic E-state index is 13.4. The Morgan fingerprint density at radius 3 is 2.53 bits per heavy atom. The Hall–Kier alpha value is -2.97. The van der Waals surface area contributed by atoms with Gasteiger partial charge in [0.2, 0.25) is 5.91 Å². The van der Waals surface area contributed by atoms with Crippen molar-refractivity contribution in [3.63, 3.8) is 0 Å². The van der Waals surface area contributed by atoms with Gasteiger partial charge in [-0.3, -0.25) is 14.5 Å². The number of carbonyl (C=O) groups excluding carboxylic acids is 2. The van der Waals surface area contributed by atoms with E-state index >= 15 is 0 Å². The second-order valence-corrected chi connectivity index (χ2v) is 8.71. The molecule has 7 nitrogen and oxygen atoms in total. The van der Waals surface area contributed by atoms with Gasteiger partial charge in [0.15, 0.2) is 11.7 Å². The van der Waals surface area contributed by atoms with Crippen LogP contribution in [0.15, 0.2) is 54.6 Å². The number of thiazole rings is 1. The highest BCUT2D eigenvalue weighted by molar-refractivity contribution is 7.22. The number of ether oxygens (including phenoxy) is 2. The molecule has 2 heterocycles. The summed E-state index contributed by atoms with van der Waals surface area (Å²) in [5.41, 5.74) is 0.890. The average molecular weight is 454 g/mol. The van der Waals surface area contributed by atoms with Crippen LogP contribution in [0.4, 0.5) is 5.13 Å². The van der Waals surface area contributed by atoms with E-state index in [1.54, 1.807) is 16.9 Å². The summed E-state index contributed by atoms with van der Waals surface area (Å²) in [7, 11) is 1.63. The van der Waals surface area contributed by atoms with E-state index in [4.69, 9.17) is 9.47 Å². The minimum Gasteiger partial charge on any atom is -0.484 e. The number of aromatic nitrogens is 1. The highest BCUT2D eigenvalue weighted by atomic mass is 32.1. The number of benzene rings is 2. The third-order valence-corrected chi connectivity index (χ3v) is 6.66. The Balaban J connectivity index is 1.36. The fourth-order valence-corrected chi connectivity index (χ4v) is 4.80. The number of anilines is 1. The zero-order valence-corrected chi connectivity index (χ0v) is 18.9. The number of likely N-dealkylation sites (tertiary alicyclic amines) is 1. The number of fused-ring (bicyclic) bond motifs is 1. The standard InChI is InChI=1S/C24H27N3O4S/c1-30-16-15-27(24-25-20-9-5-6-10-21(20)32-24)23(29)18-11-13-26(14-12-18)22(28)17-31-19-7-3-2-4-8-19/h2-10,18H,11-17H2,1H3. The summed E-state index contributed by atoms with van der Waals surface area (Å²) in [4.78, 5) is 34.1. The van der Waals surface area contributed by atoms with Crippen molar-refractivity contribution in [3.05, 3.63) is 54.6 Å². The number of para-hydroxylation sites is 2. The van der Waals surface area contributed by atoms with Crippen molar-refractivity contribution in [2.75, 3.05) is 44.9 Å². The second kappa shape index (κ2) is 10.6. The van der Waals surface area contributed by atoms with Gasteiger partial charge in [0.05, 0.1) is 23.4 Å². The Labute approximate surface area is 191 Å². The van der Waals surface area contributed by atoms with Crippen molar-refractivity contribution in [1.29, 1.82) is 0 Å². The lowest BCUT2D eigenvalue weighted by Gasteiger charge is -2.33. The number of methoxy groups -OCH3 is 1. The molecule has 0 saturated carbocycles. The molecule has 2 amide bonds. The molecule has 1 saturated heterocycles. The van der Waals surface area contributed by atoms with Crippen molar-refractivity contribution in [1.82, 2.24) is 9.88 Å². The van der Waals surface area contributed by atoms with Crippen molar-refractivity contribution in [2.24, 2.45) is 5.92 Å². The van der Waals surface area contributed by atoms with E-state index in [-0.39, 0.29) is 24.3 Å². The lowest BCUT2D eigenvalue weighted by Crippen LogP contribution is -2.46. The first-order valence-electron chi connectivity index (χ1n) is 10.8. The van der Waals surface area contributed by atoms with E-state index in [1.165, 1.54) is 11.3 Å². The number of hydrogen-bond donors (Lipinski definition) is 0. The van der Waals surface area contributed by atoms with Crippen LogP contribution in [0, 0.1) is 5.92 Å². The molecule has 0 N–H and O–H groups in total. The molecule has 3 aromatic rings. The monoisotopic (exact) mass is 453 g/mol. The molecule has 0 aliphatic carbocycles. The number of carbonyl (C=O) groups is 2. The summed E-state index contributed by atoms with van der Waals surface area (Å²) >= 11 is 1.52. The van der Waals surface area contributed by atoms with E-state index in [9.17, 15) is 9.59 Å². The normalized spacial score (nSPS) is 14.5. The Bertz CT molecular complexity index is 1010. The molecule has 1 aliphatic heterocycles. The number of piperidine rings is 1. The fourth-order valence-electron chi connectivity index (χ4n) is 3.81. The van der Waals surface area contributed by atoms with E-state index in [0.717, 1.165) is 10.2 Å². The molecule has 8 heteroatoms. The molecular formula is C24H27N3O4S. The molecule has 0 radical (unpaired) electrons. The van der Waals surface area contributed by atoms with Crippen LogP contribution in [0.3, 0.4) is 0 Å². The minimum atomic E-state index is -0.141. The van der Waals surface area contributed by atoms with Gasteiger partial charge < -0.3 is 14.4 Å². The fraction of sp³-hybridized carbons (Fsp3) is 0.375. The molecular weight excluding hydrogens is 426 g/mol. The minimum absolute atomic E-state index is 0.00823. The summed E-state index contributed by atoms with van der Waals surface area (Å²) in [6.07, 6.45) is 1.26. The van der Waals surface area contributed by atoms with Crippen LogP contribution in [-0.4, -0.2) is 61.7 Å². The van der Waals surface area contributed by atoms with Gasteiger partial charge in [-0.05, 0) is 37.1 Å². The van der Waals surface area contributed by atoms with Gasteiger partial charge in [-0.25, -0.2) is 4.98 Å². The van der Waals surface area contributed by atoms with Crippen molar-refractivity contribution < 1.29 is 19.1 Å².